The summed E-state index contributed by atoms with van der Waals surface area (Å²) in [5.41, 5.74) is 3.16. The van der Waals surface area contributed by atoms with Gasteiger partial charge in [-0.3, -0.25) is 4.79 Å². The third kappa shape index (κ3) is 2.54. The number of carbonyl (C=O) groups is 1. The molecule has 1 aliphatic rings. The predicted octanol–water partition coefficient (Wildman–Crippen LogP) is 5.73. The molecule has 0 radical (unpaired) electrons. The smallest absolute Gasteiger partial charge is 0.225 e. The van der Waals surface area contributed by atoms with Crippen molar-refractivity contribution in [1.82, 2.24) is 0 Å². The van der Waals surface area contributed by atoms with E-state index in [2.05, 4.69) is 33.4 Å². The highest BCUT2D eigenvalue weighted by Gasteiger charge is 2.28. The maximum Gasteiger partial charge on any atom is 0.225 e. The number of rotatable bonds is 1. The zero-order valence-electron chi connectivity index (χ0n) is 12.1. The number of halogens is 2. The normalized spacial score (nSPS) is 17.0. The fourth-order valence-electron chi connectivity index (χ4n) is 3.24. The quantitative estimate of drug-likeness (QED) is 0.568. The molecule has 3 aromatic carbocycles. The fraction of sp³-hybridized carbons (Fsp3) is 0.105. The third-order valence-electron chi connectivity index (χ3n) is 4.33. The van der Waals surface area contributed by atoms with Crippen molar-refractivity contribution in [1.29, 1.82) is 0 Å². The number of carbonyl (C=O) groups excluding carboxylic acids is 1. The zero-order chi connectivity index (χ0) is 16.0. The van der Waals surface area contributed by atoms with E-state index in [1.807, 2.05) is 42.5 Å². The first kappa shape index (κ1) is 14.7. The number of amides is 1. The molecule has 2 nitrogen and oxygen atoms in total. The molecule has 1 atom stereocenters. The molecule has 23 heavy (non-hydrogen) atoms. The molecule has 0 fully saturated rings. The number of benzene rings is 3. The molecule has 4 rings (SSSR count). The molecule has 0 unspecified atom stereocenters. The molecule has 1 N–H and O–H groups in total. The minimum absolute atomic E-state index is 0.0388. The van der Waals surface area contributed by atoms with Gasteiger partial charge in [0.05, 0.1) is 5.69 Å². The molecule has 3 aromatic rings. The maximum absolute atomic E-state index is 12.3. The van der Waals surface area contributed by atoms with Crippen LogP contribution >= 0.6 is 27.5 Å². The third-order valence-corrected chi connectivity index (χ3v) is 5.23. The van der Waals surface area contributed by atoms with Crippen molar-refractivity contribution in [2.24, 2.45) is 0 Å². The Morgan fingerprint density at radius 1 is 1.04 bits per heavy atom. The fourth-order valence-corrected chi connectivity index (χ4v) is 3.96. The van der Waals surface area contributed by atoms with E-state index in [1.54, 1.807) is 0 Å². The van der Waals surface area contributed by atoms with Gasteiger partial charge in [-0.25, -0.2) is 0 Å². The minimum atomic E-state index is 0.0388. The average molecular weight is 387 g/mol. The number of hydrogen-bond donors (Lipinski definition) is 1. The molecule has 0 saturated carbocycles. The lowest BCUT2D eigenvalue weighted by molar-refractivity contribution is -0.116. The van der Waals surface area contributed by atoms with Gasteiger partial charge in [-0.2, -0.15) is 0 Å². The minimum Gasteiger partial charge on any atom is -0.325 e. The Balaban J connectivity index is 1.96. The van der Waals surface area contributed by atoms with Crippen LogP contribution in [0, 0.1) is 0 Å². The number of hydrogen-bond acceptors (Lipinski definition) is 1. The van der Waals surface area contributed by atoms with Gasteiger partial charge < -0.3 is 5.32 Å². The molecule has 1 aliphatic heterocycles. The van der Waals surface area contributed by atoms with Crippen LogP contribution in [0.4, 0.5) is 5.69 Å². The van der Waals surface area contributed by atoms with Crippen molar-refractivity contribution in [2.45, 2.75) is 12.3 Å². The highest BCUT2D eigenvalue weighted by atomic mass is 79.9. The molecule has 114 valence electrons. The van der Waals surface area contributed by atoms with Crippen LogP contribution in [0.15, 0.2) is 59.1 Å². The molecule has 0 aromatic heterocycles. The van der Waals surface area contributed by atoms with Gasteiger partial charge in [0.15, 0.2) is 0 Å². The van der Waals surface area contributed by atoms with E-state index in [0.29, 0.717) is 11.4 Å². The van der Waals surface area contributed by atoms with Gasteiger partial charge in [0.2, 0.25) is 5.91 Å². The molecule has 0 spiro atoms. The molecule has 1 amide bonds. The first-order chi connectivity index (χ1) is 11.1. The topological polar surface area (TPSA) is 29.1 Å². The Hall–Kier alpha value is -1.84. The summed E-state index contributed by atoms with van der Waals surface area (Å²) < 4.78 is 1.04. The maximum atomic E-state index is 12.3. The van der Waals surface area contributed by atoms with E-state index in [9.17, 15) is 4.79 Å². The Bertz CT molecular complexity index is 921. The van der Waals surface area contributed by atoms with Crippen LogP contribution < -0.4 is 5.32 Å². The van der Waals surface area contributed by atoms with Crippen molar-refractivity contribution in [2.75, 3.05) is 5.32 Å². The van der Waals surface area contributed by atoms with E-state index < -0.39 is 0 Å². The largest absolute Gasteiger partial charge is 0.325 e. The Kier molecular flexibility index (Phi) is 3.63. The zero-order valence-corrected chi connectivity index (χ0v) is 14.5. The van der Waals surface area contributed by atoms with Gasteiger partial charge in [-0.05, 0) is 34.7 Å². The average Bonchev–Trinajstić information content (AvgIpc) is 2.56. The highest BCUT2D eigenvalue weighted by Crippen LogP contribution is 2.43. The molecular formula is C19H13BrClNO. The first-order valence-electron chi connectivity index (χ1n) is 7.40. The summed E-state index contributed by atoms with van der Waals surface area (Å²) in [7, 11) is 0. The summed E-state index contributed by atoms with van der Waals surface area (Å²) in [6.07, 6.45) is 0.444. The summed E-state index contributed by atoms with van der Waals surface area (Å²) in [6.45, 7) is 0. The lowest BCUT2D eigenvalue weighted by Crippen LogP contribution is -2.23. The van der Waals surface area contributed by atoms with Crippen LogP contribution in [0.3, 0.4) is 0 Å². The van der Waals surface area contributed by atoms with Crippen LogP contribution in [0.25, 0.3) is 10.8 Å². The summed E-state index contributed by atoms with van der Waals surface area (Å²) in [4.78, 5) is 12.3. The van der Waals surface area contributed by atoms with E-state index >= 15 is 0 Å². The Morgan fingerprint density at radius 2 is 1.74 bits per heavy atom. The van der Waals surface area contributed by atoms with Crippen LogP contribution in [0.1, 0.15) is 23.5 Å². The van der Waals surface area contributed by atoms with E-state index in [-0.39, 0.29) is 11.8 Å². The number of nitrogens with one attached hydrogen (secondary N) is 1. The van der Waals surface area contributed by atoms with Crippen molar-refractivity contribution >= 4 is 49.9 Å². The summed E-state index contributed by atoms with van der Waals surface area (Å²) >= 11 is 9.66. The van der Waals surface area contributed by atoms with E-state index in [1.165, 1.54) is 0 Å². The Labute approximate surface area is 147 Å². The van der Waals surface area contributed by atoms with Crippen LogP contribution in [0.5, 0.6) is 0 Å². The lowest BCUT2D eigenvalue weighted by Gasteiger charge is -2.28. The van der Waals surface area contributed by atoms with Gasteiger partial charge in [0.25, 0.3) is 0 Å². The van der Waals surface area contributed by atoms with Gasteiger partial charge in [-0.15, -0.1) is 0 Å². The van der Waals surface area contributed by atoms with E-state index in [0.717, 1.165) is 32.1 Å². The highest BCUT2D eigenvalue weighted by molar-refractivity contribution is 9.10. The van der Waals surface area contributed by atoms with Crippen LogP contribution in [0.2, 0.25) is 5.02 Å². The van der Waals surface area contributed by atoms with Crippen molar-refractivity contribution in [3.63, 3.8) is 0 Å². The number of fused-ring (bicyclic) bond motifs is 3. The molecule has 0 aliphatic carbocycles. The molecule has 0 saturated heterocycles. The summed E-state index contributed by atoms with van der Waals surface area (Å²) in [6, 6.07) is 18.0. The Morgan fingerprint density at radius 3 is 2.48 bits per heavy atom. The van der Waals surface area contributed by atoms with E-state index in [4.69, 9.17) is 11.6 Å². The van der Waals surface area contributed by atoms with Crippen molar-refractivity contribution in [3.8, 4) is 0 Å². The molecule has 1 heterocycles. The monoisotopic (exact) mass is 385 g/mol. The van der Waals surface area contributed by atoms with Gasteiger partial charge in [0.1, 0.15) is 0 Å². The second-order valence-corrected chi connectivity index (χ2v) is 7.02. The van der Waals surface area contributed by atoms with Crippen LogP contribution in [-0.4, -0.2) is 5.91 Å². The second-order valence-electron chi connectivity index (χ2n) is 5.72. The van der Waals surface area contributed by atoms with Crippen molar-refractivity contribution in [3.05, 3.63) is 75.2 Å². The standard InChI is InChI=1S/C19H13BrClNO/c20-17-9-16-15(11-5-7-12(21)8-6-11)10-18(23)22-19(16)14-4-2-1-3-13(14)17/h1-9,15H,10H2,(H,22,23)/t15-/m1/s1. The summed E-state index contributed by atoms with van der Waals surface area (Å²) in [5.74, 6) is 0.0850. The second kappa shape index (κ2) is 5.66. The SMILES string of the molecule is O=C1C[C@H](c2ccc(Cl)cc2)c2cc(Br)c3ccccc3c2N1. The predicted molar refractivity (Wildman–Crippen MR) is 98.2 cm³/mol. The first-order valence-corrected chi connectivity index (χ1v) is 8.57. The lowest BCUT2D eigenvalue weighted by atomic mass is 9.83. The summed E-state index contributed by atoms with van der Waals surface area (Å²) in [5, 5.41) is 5.92. The molecular weight excluding hydrogens is 374 g/mol. The number of anilines is 1. The van der Waals surface area contributed by atoms with Crippen molar-refractivity contribution < 1.29 is 4.79 Å². The molecule has 0 bridgehead atoms. The van der Waals surface area contributed by atoms with Gasteiger partial charge >= 0.3 is 0 Å². The molecule has 4 heteroatoms. The van der Waals surface area contributed by atoms with Crippen LogP contribution in [-0.2, 0) is 4.79 Å². The van der Waals surface area contributed by atoms with Gasteiger partial charge in [-0.1, -0.05) is 63.9 Å². The van der Waals surface area contributed by atoms with Gasteiger partial charge in [0, 0.05) is 27.2 Å².